The summed E-state index contributed by atoms with van der Waals surface area (Å²) in [5.41, 5.74) is 8.11. The van der Waals surface area contributed by atoms with Gasteiger partial charge < -0.3 is 30.3 Å². The molecule has 0 bridgehead atoms. The second-order valence-corrected chi connectivity index (χ2v) is 3.76. The van der Waals surface area contributed by atoms with Crippen molar-refractivity contribution < 1.29 is 35.1 Å². The molecule has 2 unspecified atom stereocenters. The molecule has 4 atom stereocenters. The topological polar surface area (TPSA) is 176 Å². The van der Waals surface area contributed by atoms with E-state index in [9.17, 15) is 20.1 Å². The fraction of sp³-hybridized carbons (Fsp3) is 0.889. The quantitative estimate of drug-likeness (QED) is 0.149. The van der Waals surface area contributed by atoms with Crippen LogP contribution in [-0.4, -0.2) is 68.8 Å². The molecule has 110 valence electrons. The van der Waals surface area contributed by atoms with E-state index in [4.69, 9.17) is 20.5 Å². The van der Waals surface area contributed by atoms with Crippen LogP contribution in [0.3, 0.4) is 0 Å². The second-order valence-electron chi connectivity index (χ2n) is 3.76. The first-order chi connectivity index (χ1) is 8.82. The summed E-state index contributed by atoms with van der Waals surface area (Å²) in [4.78, 5) is 13.2. The van der Waals surface area contributed by atoms with Crippen molar-refractivity contribution in [3.63, 3.8) is 0 Å². The van der Waals surface area contributed by atoms with Crippen molar-refractivity contribution in [2.45, 2.75) is 37.4 Å². The molecule has 0 aliphatic carbocycles. The van der Waals surface area contributed by atoms with Crippen LogP contribution in [0.25, 0.3) is 10.4 Å². The SMILES string of the molecule is CCC(O)(OC([C@H](O)CO)[C@H](O)CN=[N+]=[N-])C(=O)O. The third kappa shape index (κ3) is 4.99. The Morgan fingerprint density at radius 1 is 1.47 bits per heavy atom. The Labute approximate surface area is 108 Å². The van der Waals surface area contributed by atoms with Crippen LogP contribution < -0.4 is 0 Å². The van der Waals surface area contributed by atoms with Gasteiger partial charge >= 0.3 is 5.97 Å². The van der Waals surface area contributed by atoms with E-state index in [1.54, 1.807) is 0 Å². The maximum atomic E-state index is 10.9. The molecule has 0 saturated carbocycles. The highest BCUT2D eigenvalue weighted by atomic mass is 16.7. The van der Waals surface area contributed by atoms with Gasteiger partial charge in [0.2, 0.25) is 0 Å². The van der Waals surface area contributed by atoms with Crippen LogP contribution in [0.2, 0.25) is 0 Å². The number of carboxylic acid groups (broad SMARTS) is 1. The van der Waals surface area contributed by atoms with Crippen molar-refractivity contribution in [1.82, 2.24) is 0 Å². The van der Waals surface area contributed by atoms with Gasteiger partial charge in [0.15, 0.2) is 0 Å². The summed E-state index contributed by atoms with van der Waals surface area (Å²) in [6.45, 7) is -0.0363. The molecule has 10 heteroatoms. The number of hydrogen-bond acceptors (Lipinski definition) is 7. The first-order valence-corrected chi connectivity index (χ1v) is 5.43. The van der Waals surface area contributed by atoms with E-state index in [0.29, 0.717) is 0 Å². The Morgan fingerprint density at radius 2 is 2.05 bits per heavy atom. The number of carboxylic acids is 1. The molecule has 19 heavy (non-hydrogen) atoms. The fourth-order valence-electron chi connectivity index (χ4n) is 1.25. The summed E-state index contributed by atoms with van der Waals surface area (Å²) < 4.78 is 4.77. The molecule has 0 heterocycles. The zero-order valence-electron chi connectivity index (χ0n) is 10.2. The van der Waals surface area contributed by atoms with Gasteiger partial charge in [-0.05, 0) is 5.53 Å². The number of carbonyl (C=O) groups is 1. The molecule has 0 aromatic rings. The molecule has 0 amide bonds. The Kier molecular flexibility index (Phi) is 7.30. The molecule has 0 spiro atoms. The van der Waals surface area contributed by atoms with Gasteiger partial charge in [-0.2, -0.15) is 0 Å². The Balaban J connectivity index is 5.04. The van der Waals surface area contributed by atoms with Crippen molar-refractivity contribution in [3.8, 4) is 0 Å². The lowest BCUT2D eigenvalue weighted by Gasteiger charge is -2.32. The maximum Gasteiger partial charge on any atom is 0.364 e. The average Bonchev–Trinajstić information content (AvgIpc) is 2.40. The number of ether oxygens (including phenoxy) is 1. The third-order valence-corrected chi connectivity index (χ3v) is 2.42. The normalized spacial score (nSPS) is 18.8. The summed E-state index contributed by atoms with van der Waals surface area (Å²) in [6, 6.07) is 0. The lowest BCUT2D eigenvalue weighted by Crippen LogP contribution is -2.52. The summed E-state index contributed by atoms with van der Waals surface area (Å²) in [5.74, 6) is -4.33. The summed E-state index contributed by atoms with van der Waals surface area (Å²) >= 11 is 0. The van der Waals surface area contributed by atoms with Crippen molar-refractivity contribution in [3.05, 3.63) is 10.4 Å². The van der Waals surface area contributed by atoms with E-state index in [-0.39, 0.29) is 6.42 Å². The Morgan fingerprint density at radius 3 is 2.42 bits per heavy atom. The fourth-order valence-corrected chi connectivity index (χ4v) is 1.25. The monoisotopic (exact) mass is 279 g/mol. The van der Waals surface area contributed by atoms with Crippen LogP contribution in [0.4, 0.5) is 0 Å². The predicted molar refractivity (Wildman–Crippen MR) is 60.9 cm³/mol. The van der Waals surface area contributed by atoms with E-state index in [1.807, 2.05) is 0 Å². The molecule has 10 nitrogen and oxygen atoms in total. The van der Waals surface area contributed by atoms with Gasteiger partial charge in [0, 0.05) is 11.3 Å². The van der Waals surface area contributed by atoms with Gasteiger partial charge in [-0.15, -0.1) is 0 Å². The summed E-state index contributed by atoms with van der Waals surface area (Å²) in [7, 11) is 0. The van der Waals surface area contributed by atoms with Gasteiger partial charge in [0.1, 0.15) is 12.2 Å². The minimum Gasteiger partial charge on any atom is -0.477 e. The molecule has 0 saturated heterocycles. The largest absolute Gasteiger partial charge is 0.477 e. The van der Waals surface area contributed by atoms with Crippen LogP contribution in [0.5, 0.6) is 0 Å². The van der Waals surface area contributed by atoms with E-state index in [1.165, 1.54) is 6.92 Å². The first-order valence-electron chi connectivity index (χ1n) is 5.43. The first kappa shape index (κ1) is 17.6. The van der Waals surface area contributed by atoms with E-state index in [2.05, 4.69) is 10.0 Å². The van der Waals surface area contributed by atoms with Crippen LogP contribution >= 0.6 is 0 Å². The predicted octanol–water partition coefficient (Wildman–Crippen LogP) is -1.42. The highest BCUT2D eigenvalue weighted by molar-refractivity contribution is 5.75. The Bertz CT molecular complexity index is 347. The van der Waals surface area contributed by atoms with Gasteiger partial charge in [-0.1, -0.05) is 12.0 Å². The number of rotatable bonds is 9. The summed E-state index contributed by atoms with van der Waals surface area (Å²) in [5, 5.41) is 49.4. The van der Waals surface area contributed by atoms with Gasteiger partial charge in [0.25, 0.3) is 5.79 Å². The van der Waals surface area contributed by atoms with Crippen LogP contribution in [0.15, 0.2) is 5.11 Å². The van der Waals surface area contributed by atoms with Crippen LogP contribution in [-0.2, 0) is 9.53 Å². The molecule has 0 fully saturated rings. The molecular weight excluding hydrogens is 262 g/mol. The van der Waals surface area contributed by atoms with Crippen LogP contribution in [0, 0.1) is 0 Å². The average molecular weight is 279 g/mol. The lowest BCUT2D eigenvalue weighted by atomic mass is 10.1. The number of hydrogen-bond donors (Lipinski definition) is 5. The van der Waals surface area contributed by atoms with Gasteiger partial charge in [0.05, 0.1) is 19.3 Å². The highest BCUT2D eigenvalue weighted by Gasteiger charge is 2.42. The summed E-state index contributed by atoms with van der Waals surface area (Å²) in [6.07, 6.45) is -5.22. The number of aliphatic carboxylic acids is 1. The third-order valence-electron chi connectivity index (χ3n) is 2.42. The van der Waals surface area contributed by atoms with Gasteiger partial charge in [-0.3, -0.25) is 0 Å². The second kappa shape index (κ2) is 7.89. The van der Waals surface area contributed by atoms with E-state index >= 15 is 0 Å². The number of nitrogens with zero attached hydrogens (tertiary/aromatic N) is 3. The van der Waals surface area contributed by atoms with Crippen molar-refractivity contribution in [2.24, 2.45) is 5.11 Å². The molecule has 0 aromatic heterocycles. The lowest BCUT2D eigenvalue weighted by molar-refractivity contribution is -0.266. The zero-order chi connectivity index (χ0) is 15.1. The minimum atomic E-state index is -2.63. The molecule has 0 rings (SSSR count). The number of azide groups is 1. The zero-order valence-corrected chi connectivity index (χ0v) is 10.2. The Hall–Kier alpha value is -1.42. The number of aliphatic hydroxyl groups is 4. The maximum absolute atomic E-state index is 10.9. The molecule has 0 aliphatic rings. The minimum absolute atomic E-state index is 0.356. The van der Waals surface area contributed by atoms with E-state index < -0.39 is 43.2 Å². The van der Waals surface area contributed by atoms with Crippen molar-refractivity contribution in [2.75, 3.05) is 13.2 Å². The molecular formula is C9H17N3O7. The highest BCUT2D eigenvalue weighted by Crippen LogP contribution is 2.19. The van der Waals surface area contributed by atoms with Crippen molar-refractivity contribution in [1.29, 1.82) is 0 Å². The molecule has 0 aromatic carbocycles. The molecule has 0 aliphatic heterocycles. The smallest absolute Gasteiger partial charge is 0.364 e. The molecule has 5 N–H and O–H groups in total. The van der Waals surface area contributed by atoms with E-state index in [0.717, 1.165) is 0 Å². The van der Waals surface area contributed by atoms with Crippen LogP contribution in [0.1, 0.15) is 13.3 Å². The molecule has 0 radical (unpaired) electrons. The van der Waals surface area contributed by atoms with Gasteiger partial charge in [-0.25, -0.2) is 4.79 Å². The standard InChI is InChI=1S/C9H17N3O7/c1-2-9(18,8(16)17)19-7(6(15)4-13)5(14)3-11-12-10/h5-7,13-15,18H,2-4H2,1H3,(H,16,17)/t5-,6-,7?,9?/m1/s1. The number of aliphatic hydroxyl groups excluding tert-OH is 3. The van der Waals surface area contributed by atoms with Crippen molar-refractivity contribution >= 4 is 5.97 Å².